The van der Waals surface area contributed by atoms with Crippen LogP contribution in [0.25, 0.3) is 0 Å². The molecule has 0 radical (unpaired) electrons. The van der Waals surface area contributed by atoms with Crippen LogP contribution in [0.15, 0.2) is 40.1 Å². The molecule has 0 fully saturated rings. The van der Waals surface area contributed by atoms with Crippen LogP contribution in [0.4, 0.5) is 30.2 Å². The molecule has 1 aliphatic rings. The fraction of sp³-hybridized carbons (Fsp3) is 0.294. The van der Waals surface area contributed by atoms with Crippen molar-refractivity contribution in [3.63, 3.8) is 0 Å². The van der Waals surface area contributed by atoms with E-state index in [-0.39, 0.29) is 5.69 Å². The van der Waals surface area contributed by atoms with Gasteiger partial charge in [0.2, 0.25) is 0 Å². The maximum Gasteiger partial charge on any atom is 0.418 e. The zero-order chi connectivity index (χ0) is 17.5. The molecule has 0 saturated carbocycles. The lowest BCUT2D eigenvalue weighted by molar-refractivity contribution is -0.137. The zero-order valence-electron chi connectivity index (χ0n) is 13.6. The van der Waals surface area contributed by atoms with Crippen LogP contribution in [-0.4, -0.2) is 21.1 Å². The van der Waals surface area contributed by atoms with Gasteiger partial charge in [0.1, 0.15) is 0 Å². The van der Waals surface area contributed by atoms with Crippen LogP contribution in [0.1, 0.15) is 11.1 Å². The quantitative estimate of drug-likeness (QED) is 0.714. The van der Waals surface area contributed by atoms with Crippen LogP contribution in [0.5, 0.6) is 0 Å². The van der Waals surface area contributed by atoms with Crippen LogP contribution in [0, 0.1) is 0 Å². The van der Waals surface area contributed by atoms with Gasteiger partial charge in [-0.15, -0.1) is 0 Å². The van der Waals surface area contributed by atoms with Crippen molar-refractivity contribution in [1.82, 2.24) is 5.32 Å². The van der Waals surface area contributed by atoms with Crippen LogP contribution in [0.3, 0.4) is 0 Å². The first-order valence-electron chi connectivity index (χ1n) is 7.44. The van der Waals surface area contributed by atoms with Crippen LogP contribution in [-0.2, 0) is 12.7 Å². The van der Waals surface area contributed by atoms with Crippen molar-refractivity contribution in [3.05, 3.63) is 41.5 Å². The summed E-state index contributed by atoms with van der Waals surface area (Å²) < 4.78 is 40.4. The van der Waals surface area contributed by atoms with Gasteiger partial charge in [0, 0.05) is 36.1 Å². The molecular formula is C17H18F3N3S. The van der Waals surface area contributed by atoms with E-state index in [1.54, 1.807) is 7.05 Å². The summed E-state index contributed by atoms with van der Waals surface area (Å²) in [5, 5.41) is 5.88. The second-order valence-corrected chi connectivity index (χ2v) is 6.93. The third kappa shape index (κ3) is 3.18. The second kappa shape index (κ2) is 6.22. The first-order chi connectivity index (χ1) is 11.3. The fourth-order valence-corrected chi connectivity index (χ4v) is 3.76. The number of benzene rings is 2. The average molecular weight is 353 g/mol. The molecule has 2 N–H and O–H groups in total. The van der Waals surface area contributed by atoms with E-state index in [2.05, 4.69) is 10.6 Å². The number of rotatable bonds is 3. The summed E-state index contributed by atoms with van der Waals surface area (Å²) in [6.07, 6.45) is -4.40. The summed E-state index contributed by atoms with van der Waals surface area (Å²) >= 11 is 1.37. The van der Waals surface area contributed by atoms with E-state index in [1.807, 2.05) is 43.3 Å². The molecular weight excluding hydrogens is 335 g/mol. The summed E-state index contributed by atoms with van der Waals surface area (Å²) in [6, 6.07) is 8.71. The lowest BCUT2D eigenvalue weighted by Crippen LogP contribution is -2.15. The first kappa shape index (κ1) is 17.0. The van der Waals surface area contributed by atoms with E-state index < -0.39 is 11.7 Å². The number of alkyl halides is 3. The molecule has 128 valence electrons. The molecule has 7 heteroatoms. The van der Waals surface area contributed by atoms with E-state index >= 15 is 0 Å². The Balaban J connectivity index is 2.09. The Bertz CT molecular complexity index is 772. The Labute approximate surface area is 143 Å². The van der Waals surface area contributed by atoms with Gasteiger partial charge in [-0.3, -0.25) is 0 Å². The van der Waals surface area contributed by atoms with Gasteiger partial charge >= 0.3 is 6.18 Å². The number of fused-ring (bicyclic) bond motifs is 2. The SMILES string of the molecule is CNCc1cc2c(c(C(F)(F)F)c1)Nc1ccc(N(C)C)cc1S2. The third-order valence-corrected chi connectivity index (χ3v) is 4.91. The average Bonchev–Trinajstić information content (AvgIpc) is 2.51. The molecule has 0 aliphatic carbocycles. The molecule has 1 heterocycles. The monoisotopic (exact) mass is 353 g/mol. The molecule has 0 unspecified atom stereocenters. The maximum absolute atomic E-state index is 13.5. The highest BCUT2D eigenvalue weighted by molar-refractivity contribution is 7.99. The molecule has 0 amide bonds. The molecule has 3 rings (SSSR count). The van der Waals surface area contributed by atoms with Crippen molar-refractivity contribution in [2.45, 2.75) is 22.5 Å². The van der Waals surface area contributed by atoms with Crippen LogP contribution >= 0.6 is 11.8 Å². The van der Waals surface area contributed by atoms with Gasteiger partial charge in [-0.25, -0.2) is 0 Å². The van der Waals surface area contributed by atoms with Crippen molar-refractivity contribution < 1.29 is 13.2 Å². The lowest BCUT2D eigenvalue weighted by Gasteiger charge is -2.26. The smallest absolute Gasteiger partial charge is 0.378 e. The highest BCUT2D eigenvalue weighted by atomic mass is 32.2. The van der Waals surface area contributed by atoms with E-state index in [1.165, 1.54) is 17.8 Å². The van der Waals surface area contributed by atoms with Gasteiger partial charge in [0.25, 0.3) is 0 Å². The third-order valence-electron chi connectivity index (χ3n) is 3.81. The minimum atomic E-state index is -4.40. The van der Waals surface area contributed by atoms with E-state index in [0.29, 0.717) is 22.7 Å². The van der Waals surface area contributed by atoms with E-state index in [9.17, 15) is 13.2 Å². The van der Waals surface area contributed by atoms with Gasteiger partial charge in [-0.05, 0) is 42.9 Å². The highest BCUT2D eigenvalue weighted by Gasteiger charge is 2.36. The number of nitrogens with zero attached hydrogens (tertiary/aromatic N) is 1. The van der Waals surface area contributed by atoms with Gasteiger partial charge in [0.05, 0.1) is 16.9 Å². The predicted molar refractivity (Wildman–Crippen MR) is 92.4 cm³/mol. The van der Waals surface area contributed by atoms with Crippen LogP contribution in [0.2, 0.25) is 0 Å². The zero-order valence-corrected chi connectivity index (χ0v) is 14.4. The fourth-order valence-electron chi connectivity index (χ4n) is 2.64. The summed E-state index contributed by atoms with van der Waals surface area (Å²) in [5.41, 5.74) is 1.83. The van der Waals surface area contributed by atoms with Crippen molar-refractivity contribution >= 4 is 28.8 Å². The Morgan fingerprint density at radius 3 is 2.50 bits per heavy atom. The molecule has 0 bridgehead atoms. The first-order valence-corrected chi connectivity index (χ1v) is 8.26. The summed E-state index contributed by atoms with van der Waals surface area (Å²) in [4.78, 5) is 3.48. The number of hydrogen-bond donors (Lipinski definition) is 2. The Hall–Kier alpha value is -1.86. The molecule has 2 aromatic carbocycles. The standard InChI is InChI=1S/C17H18F3N3S/c1-21-9-10-6-12(17(18,19)20)16-15(7-10)24-14-8-11(23(2)3)4-5-13(14)22-16/h4-8,21-22H,9H2,1-3H3. The van der Waals surface area contributed by atoms with E-state index in [4.69, 9.17) is 0 Å². The predicted octanol–water partition coefficient (Wildman–Crippen LogP) is 4.70. The lowest BCUT2D eigenvalue weighted by atomic mass is 10.1. The number of nitrogens with one attached hydrogen (secondary N) is 2. The highest BCUT2D eigenvalue weighted by Crippen LogP contribution is 2.50. The van der Waals surface area contributed by atoms with Crippen molar-refractivity contribution in [3.8, 4) is 0 Å². The Morgan fingerprint density at radius 1 is 1.12 bits per heavy atom. The van der Waals surface area contributed by atoms with Gasteiger partial charge in [-0.1, -0.05) is 11.8 Å². The molecule has 1 aliphatic heterocycles. The minimum Gasteiger partial charge on any atom is -0.378 e. The normalized spacial score (nSPS) is 13.1. The molecule has 0 atom stereocenters. The number of halogens is 3. The van der Waals surface area contributed by atoms with Crippen molar-refractivity contribution in [2.24, 2.45) is 0 Å². The Morgan fingerprint density at radius 2 is 1.88 bits per heavy atom. The van der Waals surface area contributed by atoms with Crippen molar-refractivity contribution in [1.29, 1.82) is 0 Å². The number of hydrogen-bond acceptors (Lipinski definition) is 4. The van der Waals surface area contributed by atoms with E-state index in [0.717, 1.165) is 10.6 Å². The Kier molecular flexibility index (Phi) is 4.40. The molecule has 3 nitrogen and oxygen atoms in total. The summed E-state index contributed by atoms with van der Waals surface area (Å²) in [5.74, 6) is 0. The molecule has 24 heavy (non-hydrogen) atoms. The van der Waals surface area contributed by atoms with Gasteiger partial charge < -0.3 is 15.5 Å². The topological polar surface area (TPSA) is 27.3 Å². The molecule has 0 saturated heterocycles. The van der Waals surface area contributed by atoms with Gasteiger partial charge in [-0.2, -0.15) is 13.2 Å². The van der Waals surface area contributed by atoms with Crippen molar-refractivity contribution in [2.75, 3.05) is 31.4 Å². The number of anilines is 3. The van der Waals surface area contributed by atoms with Gasteiger partial charge in [0.15, 0.2) is 0 Å². The minimum absolute atomic E-state index is 0.137. The summed E-state index contributed by atoms with van der Waals surface area (Å²) in [6.45, 7) is 0.390. The summed E-state index contributed by atoms with van der Waals surface area (Å²) in [7, 11) is 5.59. The molecule has 2 aromatic rings. The largest absolute Gasteiger partial charge is 0.418 e. The second-order valence-electron chi connectivity index (χ2n) is 5.85. The molecule has 0 aromatic heterocycles. The molecule has 0 spiro atoms. The maximum atomic E-state index is 13.5. The van der Waals surface area contributed by atoms with Crippen LogP contribution < -0.4 is 15.5 Å².